The summed E-state index contributed by atoms with van der Waals surface area (Å²) in [5.74, 6) is 3.15. The average molecular weight is 262 g/mol. The number of rotatable bonds is 8. The maximum absolute atomic E-state index is 5.94. The third-order valence-electron chi connectivity index (χ3n) is 3.58. The van der Waals surface area contributed by atoms with Gasteiger partial charge in [0.05, 0.1) is 0 Å². The van der Waals surface area contributed by atoms with Gasteiger partial charge in [-0.05, 0) is 25.7 Å². The normalized spacial score (nSPS) is 14.6. The lowest BCUT2D eigenvalue weighted by molar-refractivity contribution is 0.668. The van der Waals surface area contributed by atoms with Crippen molar-refractivity contribution in [2.75, 3.05) is 23.7 Å². The van der Waals surface area contributed by atoms with E-state index in [1.54, 1.807) is 0 Å². The number of nitrogens with two attached hydrogens (primary N) is 1. The van der Waals surface area contributed by atoms with Crippen molar-refractivity contribution in [2.45, 2.75) is 58.3 Å². The lowest BCUT2D eigenvalue weighted by Crippen LogP contribution is -2.27. The molecule has 2 N–H and O–H groups in total. The van der Waals surface area contributed by atoms with Crippen LogP contribution in [0, 0.1) is 0 Å². The highest BCUT2D eigenvalue weighted by Gasteiger charge is 2.27. The quantitative estimate of drug-likeness (QED) is 0.780. The minimum atomic E-state index is 0.557. The van der Waals surface area contributed by atoms with E-state index in [1.165, 1.54) is 38.5 Å². The lowest BCUT2D eigenvalue weighted by Gasteiger charge is -2.24. The van der Waals surface area contributed by atoms with Gasteiger partial charge in [0, 0.05) is 25.1 Å². The smallest absolute Gasteiger partial charge is 0.136 e. The van der Waals surface area contributed by atoms with Gasteiger partial charge in [-0.2, -0.15) is 0 Å². The van der Waals surface area contributed by atoms with E-state index < -0.39 is 0 Å². The molecular weight excluding hydrogens is 236 g/mol. The molecule has 0 aromatic carbocycles. The van der Waals surface area contributed by atoms with Crippen LogP contribution in [-0.2, 0) is 0 Å². The summed E-state index contributed by atoms with van der Waals surface area (Å²) in [5.41, 5.74) is 5.94. The minimum absolute atomic E-state index is 0.557. The molecule has 0 amide bonds. The van der Waals surface area contributed by atoms with Crippen LogP contribution in [0.15, 0.2) is 6.07 Å². The molecule has 106 valence electrons. The molecular formula is C15H26N4. The summed E-state index contributed by atoms with van der Waals surface area (Å²) in [6.45, 7) is 6.58. The van der Waals surface area contributed by atoms with Crippen LogP contribution in [-0.4, -0.2) is 23.1 Å². The van der Waals surface area contributed by atoms with E-state index in [0.717, 1.165) is 24.7 Å². The Hall–Kier alpha value is -1.32. The van der Waals surface area contributed by atoms with Gasteiger partial charge in [0.2, 0.25) is 0 Å². The molecule has 1 aromatic heterocycles. The molecule has 0 radical (unpaired) electrons. The molecule has 0 spiro atoms. The number of nitrogen functional groups attached to an aromatic ring is 1. The van der Waals surface area contributed by atoms with Gasteiger partial charge in [-0.3, -0.25) is 0 Å². The number of aromatic nitrogens is 2. The summed E-state index contributed by atoms with van der Waals surface area (Å²) in [5, 5.41) is 0. The number of unbranched alkanes of at least 4 members (excludes halogenated alkanes) is 2. The second kappa shape index (κ2) is 6.73. The van der Waals surface area contributed by atoms with E-state index in [9.17, 15) is 0 Å². The standard InChI is InChI=1S/C15H26N4/c1-3-5-9-19(10-6-4-2)14-11-13(16)17-15(18-14)12-7-8-12/h11-12H,3-10H2,1-2H3,(H2,16,17,18). The first-order valence-electron chi connectivity index (χ1n) is 7.64. The largest absolute Gasteiger partial charge is 0.384 e. The zero-order chi connectivity index (χ0) is 13.7. The number of hydrogen-bond acceptors (Lipinski definition) is 4. The van der Waals surface area contributed by atoms with Gasteiger partial charge in [-0.15, -0.1) is 0 Å². The molecule has 4 nitrogen and oxygen atoms in total. The zero-order valence-electron chi connectivity index (χ0n) is 12.2. The zero-order valence-corrected chi connectivity index (χ0v) is 12.2. The van der Waals surface area contributed by atoms with Crippen LogP contribution >= 0.6 is 0 Å². The van der Waals surface area contributed by atoms with E-state index in [-0.39, 0.29) is 0 Å². The summed E-state index contributed by atoms with van der Waals surface area (Å²) in [6.07, 6.45) is 7.25. The molecule has 1 heterocycles. The number of anilines is 2. The molecule has 1 fully saturated rings. The molecule has 1 saturated carbocycles. The third kappa shape index (κ3) is 4.08. The average Bonchev–Trinajstić information content (AvgIpc) is 3.22. The van der Waals surface area contributed by atoms with Gasteiger partial charge >= 0.3 is 0 Å². The van der Waals surface area contributed by atoms with Crippen LogP contribution in [0.25, 0.3) is 0 Å². The molecule has 0 saturated heterocycles. The SMILES string of the molecule is CCCCN(CCCC)c1cc(N)nc(C2CC2)n1. The first-order valence-corrected chi connectivity index (χ1v) is 7.64. The molecule has 0 bridgehead atoms. The highest BCUT2D eigenvalue weighted by molar-refractivity contribution is 5.47. The van der Waals surface area contributed by atoms with Crippen LogP contribution in [0.4, 0.5) is 11.6 Å². The summed E-state index contributed by atoms with van der Waals surface area (Å²) >= 11 is 0. The van der Waals surface area contributed by atoms with Gasteiger partial charge in [0.25, 0.3) is 0 Å². The Morgan fingerprint density at radius 2 is 1.79 bits per heavy atom. The lowest BCUT2D eigenvalue weighted by atomic mass is 10.2. The van der Waals surface area contributed by atoms with Crippen LogP contribution in [0.1, 0.15) is 64.1 Å². The third-order valence-corrected chi connectivity index (χ3v) is 3.58. The van der Waals surface area contributed by atoms with Crippen LogP contribution in [0.3, 0.4) is 0 Å². The van der Waals surface area contributed by atoms with E-state index in [4.69, 9.17) is 10.7 Å². The first kappa shape index (κ1) is 14.1. The van der Waals surface area contributed by atoms with Crippen LogP contribution < -0.4 is 10.6 Å². The monoisotopic (exact) mass is 262 g/mol. The first-order chi connectivity index (χ1) is 9.24. The molecule has 0 unspecified atom stereocenters. The molecule has 4 heteroatoms. The van der Waals surface area contributed by atoms with Gasteiger partial charge in [0.1, 0.15) is 17.5 Å². The molecule has 1 aromatic rings. The fourth-order valence-electron chi connectivity index (χ4n) is 2.20. The molecule has 0 aliphatic heterocycles. The van der Waals surface area contributed by atoms with Crippen molar-refractivity contribution in [1.29, 1.82) is 0 Å². The Bertz CT molecular complexity index is 393. The Morgan fingerprint density at radius 1 is 1.16 bits per heavy atom. The predicted octanol–water partition coefficient (Wildman–Crippen LogP) is 3.34. The maximum atomic E-state index is 5.94. The Labute approximate surface area is 116 Å². The van der Waals surface area contributed by atoms with Gasteiger partial charge in [-0.25, -0.2) is 9.97 Å². The van der Waals surface area contributed by atoms with E-state index >= 15 is 0 Å². The molecule has 1 aliphatic carbocycles. The highest BCUT2D eigenvalue weighted by atomic mass is 15.2. The highest BCUT2D eigenvalue weighted by Crippen LogP contribution is 2.38. The van der Waals surface area contributed by atoms with Gasteiger partial charge < -0.3 is 10.6 Å². The van der Waals surface area contributed by atoms with Crippen LogP contribution in [0.5, 0.6) is 0 Å². The second-order valence-corrected chi connectivity index (χ2v) is 5.48. The fraction of sp³-hybridized carbons (Fsp3) is 0.733. The van der Waals surface area contributed by atoms with E-state index in [2.05, 4.69) is 23.7 Å². The van der Waals surface area contributed by atoms with Crippen molar-refractivity contribution in [3.05, 3.63) is 11.9 Å². The predicted molar refractivity (Wildman–Crippen MR) is 80.4 cm³/mol. The number of nitrogens with zero attached hydrogens (tertiary/aromatic N) is 3. The maximum Gasteiger partial charge on any atom is 0.136 e. The summed E-state index contributed by atoms with van der Waals surface area (Å²) in [4.78, 5) is 11.5. The number of hydrogen-bond donors (Lipinski definition) is 1. The fourth-order valence-corrected chi connectivity index (χ4v) is 2.20. The second-order valence-electron chi connectivity index (χ2n) is 5.48. The van der Waals surface area contributed by atoms with Crippen molar-refractivity contribution >= 4 is 11.6 Å². The minimum Gasteiger partial charge on any atom is -0.384 e. The molecule has 0 atom stereocenters. The van der Waals surface area contributed by atoms with E-state index in [0.29, 0.717) is 11.7 Å². The summed E-state index contributed by atoms with van der Waals surface area (Å²) in [6, 6.07) is 1.93. The van der Waals surface area contributed by atoms with Crippen molar-refractivity contribution in [2.24, 2.45) is 0 Å². The summed E-state index contributed by atoms with van der Waals surface area (Å²) in [7, 11) is 0. The molecule has 2 rings (SSSR count). The topological polar surface area (TPSA) is 55.0 Å². The van der Waals surface area contributed by atoms with Crippen molar-refractivity contribution in [3.63, 3.8) is 0 Å². The van der Waals surface area contributed by atoms with Crippen molar-refractivity contribution < 1.29 is 0 Å². The molecule has 19 heavy (non-hydrogen) atoms. The van der Waals surface area contributed by atoms with Gasteiger partial charge in [-0.1, -0.05) is 26.7 Å². The Kier molecular flexibility index (Phi) is 5.00. The summed E-state index contributed by atoms with van der Waals surface area (Å²) < 4.78 is 0. The van der Waals surface area contributed by atoms with Crippen LogP contribution in [0.2, 0.25) is 0 Å². The van der Waals surface area contributed by atoms with Gasteiger partial charge in [0.15, 0.2) is 0 Å². The van der Waals surface area contributed by atoms with Crippen molar-refractivity contribution in [1.82, 2.24) is 9.97 Å². The Morgan fingerprint density at radius 3 is 2.32 bits per heavy atom. The Balaban J connectivity index is 2.13. The van der Waals surface area contributed by atoms with E-state index in [1.807, 2.05) is 6.07 Å². The van der Waals surface area contributed by atoms with Crippen molar-refractivity contribution in [3.8, 4) is 0 Å². The molecule has 1 aliphatic rings.